The predicted molar refractivity (Wildman–Crippen MR) is 183 cm³/mol. The number of carbonyl (C=O) groups is 2. The fraction of sp³-hybridized carbons (Fsp3) is 0.526. The van der Waals surface area contributed by atoms with Crippen molar-refractivity contribution in [1.29, 1.82) is 0 Å². The first kappa shape index (κ1) is 33.7. The Morgan fingerprint density at radius 3 is 2.43 bits per heavy atom. The molecule has 3 aliphatic heterocycles. The minimum absolute atomic E-state index is 0.0534. The van der Waals surface area contributed by atoms with Gasteiger partial charge in [-0.15, -0.1) is 0 Å². The molecule has 2 aromatic rings. The van der Waals surface area contributed by atoms with Crippen LogP contribution in [0.4, 0.5) is 0 Å². The second-order valence-electron chi connectivity index (χ2n) is 14.0. The standard InChI is InChI=1S/C38H49BN2O6/c1-5-26(19-28-17-24(2)36(42)25(3)18-28)11-12-33-34-29(23-46-4)20-31-35(32(34)21-39(45)47-33)38(44)41(37(31)43)30-13-15-40(16-14-30)22-27-9-7-6-8-10-27/h6-10,17-19,30-33,35,42,45H,5,11-16,20-23H2,1-4H3/b26-19+/t31-,32+,33-,35-/m1/s1. The molecule has 0 aromatic heterocycles. The number of phenolic OH excluding ortho intramolecular Hbond substituents is 1. The summed E-state index contributed by atoms with van der Waals surface area (Å²) in [5.41, 5.74) is 7.37. The van der Waals surface area contributed by atoms with Gasteiger partial charge in [-0.25, -0.2) is 0 Å². The molecule has 9 heteroatoms. The summed E-state index contributed by atoms with van der Waals surface area (Å²) in [7, 11) is 0.671. The number of hydrogen-bond donors (Lipinski definition) is 2. The van der Waals surface area contributed by atoms with Gasteiger partial charge in [0.25, 0.3) is 0 Å². The van der Waals surface area contributed by atoms with Gasteiger partial charge in [-0.2, -0.15) is 0 Å². The van der Waals surface area contributed by atoms with E-state index in [4.69, 9.17) is 9.39 Å². The molecule has 6 rings (SSSR count). The van der Waals surface area contributed by atoms with E-state index in [0.717, 1.165) is 73.2 Å². The molecular formula is C38H49BN2O6. The zero-order chi connectivity index (χ0) is 33.2. The second-order valence-corrected chi connectivity index (χ2v) is 14.0. The Labute approximate surface area is 279 Å². The van der Waals surface area contributed by atoms with Crippen LogP contribution in [0.1, 0.15) is 67.7 Å². The highest BCUT2D eigenvalue weighted by Crippen LogP contribution is 2.51. The van der Waals surface area contributed by atoms with Crippen LogP contribution < -0.4 is 0 Å². The average molecular weight is 641 g/mol. The summed E-state index contributed by atoms with van der Waals surface area (Å²) in [5.74, 6) is -0.921. The van der Waals surface area contributed by atoms with Gasteiger partial charge in [-0.05, 0) is 110 Å². The van der Waals surface area contributed by atoms with Gasteiger partial charge in [0, 0.05) is 32.8 Å². The van der Waals surface area contributed by atoms with E-state index in [0.29, 0.717) is 31.5 Å². The van der Waals surface area contributed by atoms with Crippen molar-refractivity contribution in [2.24, 2.45) is 17.8 Å². The lowest BCUT2D eigenvalue weighted by molar-refractivity contribution is -0.144. The Kier molecular flexibility index (Phi) is 10.4. The molecule has 8 nitrogen and oxygen atoms in total. The van der Waals surface area contributed by atoms with E-state index < -0.39 is 19.0 Å². The Morgan fingerprint density at radius 1 is 1.06 bits per heavy atom. The van der Waals surface area contributed by atoms with E-state index in [1.54, 1.807) is 12.0 Å². The maximum Gasteiger partial charge on any atom is 0.455 e. The van der Waals surface area contributed by atoms with Gasteiger partial charge in [0.2, 0.25) is 11.8 Å². The van der Waals surface area contributed by atoms with Gasteiger partial charge in [0.1, 0.15) is 5.75 Å². The topological polar surface area (TPSA) is 99.5 Å². The number of nitrogens with zero attached hydrogens (tertiary/aromatic N) is 2. The highest BCUT2D eigenvalue weighted by atomic mass is 16.5. The molecular weight excluding hydrogens is 591 g/mol. The molecule has 0 spiro atoms. The lowest BCUT2D eigenvalue weighted by Gasteiger charge is -2.43. The number of likely N-dealkylation sites (tertiary alicyclic amines) is 2. The van der Waals surface area contributed by atoms with Crippen molar-refractivity contribution in [3.63, 3.8) is 0 Å². The summed E-state index contributed by atoms with van der Waals surface area (Å²) in [6.45, 7) is 8.90. The normalized spacial score (nSPS) is 25.9. The van der Waals surface area contributed by atoms with E-state index in [-0.39, 0.29) is 29.9 Å². The molecule has 0 unspecified atom stereocenters. The molecule has 0 saturated carbocycles. The van der Waals surface area contributed by atoms with Crippen LogP contribution in [0.5, 0.6) is 5.75 Å². The number of ether oxygens (including phenoxy) is 1. The zero-order valence-corrected chi connectivity index (χ0v) is 28.3. The monoisotopic (exact) mass is 640 g/mol. The van der Waals surface area contributed by atoms with Gasteiger partial charge < -0.3 is 19.5 Å². The van der Waals surface area contributed by atoms with E-state index in [2.05, 4.69) is 42.2 Å². The van der Waals surface area contributed by atoms with E-state index >= 15 is 0 Å². The number of amides is 2. The van der Waals surface area contributed by atoms with Crippen LogP contribution in [-0.2, 0) is 25.5 Å². The number of imide groups is 1. The Morgan fingerprint density at radius 2 is 1.77 bits per heavy atom. The van der Waals surface area contributed by atoms with Crippen LogP contribution in [0.25, 0.3) is 6.08 Å². The molecule has 47 heavy (non-hydrogen) atoms. The molecule has 2 aromatic carbocycles. The molecule has 2 N–H and O–H groups in total. The van der Waals surface area contributed by atoms with Crippen molar-refractivity contribution in [3.8, 4) is 5.75 Å². The molecule has 0 radical (unpaired) electrons. The molecule has 0 bridgehead atoms. The third-order valence-corrected chi connectivity index (χ3v) is 10.9. The Hall–Kier alpha value is -3.24. The lowest BCUT2D eigenvalue weighted by atomic mass is 9.58. The minimum Gasteiger partial charge on any atom is -0.507 e. The van der Waals surface area contributed by atoms with E-state index in [1.807, 2.05) is 32.0 Å². The fourth-order valence-electron chi connectivity index (χ4n) is 8.61. The minimum atomic E-state index is -0.995. The number of rotatable bonds is 10. The molecule has 3 heterocycles. The number of methoxy groups -OCH3 is 1. The summed E-state index contributed by atoms with van der Waals surface area (Å²) in [6.07, 6.45) is 6.47. The average Bonchev–Trinajstić information content (AvgIpc) is 3.31. The summed E-state index contributed by atoms with van der Waals surface area (Å²) < 4.78 is 11.9. The number of aryl methyl sites for hydroxylation is 2. The van der Waals surface area contributed by atoms with Crippen LogP contribution in [0.15, 0.2) is 59.2 Å². The second kappa shape index (κ2) is 14.5. The lowest BCUT2D eigenvalue weighted by Crippen LogP contribution is -2.48. The maximum absolute atomic E-state index is 14.2. The highest BCUT2D eigenvalue weighted by molar-refractivity contribution is 6.43. The van der Waals surface area contributed by atoms with Crippen LogP contribution in [-0.4, -0.2) is 77.8 Å². The van der Waals surface area contributed by atoms with E-state index in [9.17, 15) is 19.7 Å². The van der Waals surface area contributed by atoms with Gasteiger partial charge >= 0.3 is 7.12 Å². The van der Waals surface area contributed by atoms with Crippen molar-refractivity contribution in [1.82, 2.24) is 9.80 Å². The number of piperidine rings is 1. The quantitative estimate of drug-likeness (QED) is 0.196. The summed E-state index contributed by atoms with van der Waals surface area (Å²) >= 11 is 0. The molecule has 3 saturated heterocycles. The number of aromatic hydroxyl groups is 1. The fourth-order valence-corrected chi connectivity index (χ4v) is 8.61. The first-order chi connectivity index (χ1) is 22.7. The molecule has 4 aliphatic rings. The van der Waals surface area contributed by atoms with Crippen molar-refractivity contribution in [2.75, 3.05) is 26.8 Å². The highest BCUT2D eigenvalue weighted by Gasteiger charge is 2.58. The smallest absolute Gasteiger partial charge is 0.455 e. The summed E-state index contributed by atoms with van der Waals surface area (Å²) in [4.78, 5) is 32.3. The van der Waals surface area contributed by atoms with Gasteiger partial charge in [0.05, 0.1) is 24.5 Å². The molecule has 3 fully saturated rings. The Bertz CT molecular complexity index is 1510. The first-order valence-corrected chi connectivity index (χ1v) is 17.4. The van der Waals surface area contributed by atoms with Crippen LogP contribution >= 0.6 is 0 Å². The van der Waals surface area contributed by atoms with Crippen molar-refractivity contribution in [3.05, 3.63) is 81.4 Å². The SMILES string of the molecule is CC/C(=C\c1cc(C)c(O)c(C)c1)CC[C@H]1OB(O)C[C@H]2C1=C(COC)C[C@H]1C(=O)N(C3CCN(Cc4ccccc4)CC3)C(=O)[C@H]12. The number of allylic oxidation sites excluding steroid dienone is 1. The Balaban J connectivity index is 1.19. The molecule has 4 atom stereocenters. The van der Waals surface area contributed by atoms with Crippen molar-refractivity contribution < 1.29 is 29.1 Å². The van der Waals surface area contributed by atoms with Crippen molar-refractivity contribution >= 4 is 25.0 Å². The third-order valence-electron chi connectivity index (χ3n) is 10.9. The summed E-state index contributed by atoms with van der Waals surface area (Å²) in [6, 6.07) is 14.3. The molecule has 1 aliphatic carbocycles. The number of carbonyl (C=O) groups excluding carboxylic acids is 2. The maximum atomic E-state index is 14.2. The third kappa shape index (κ3) is 7.00. The number of benzene rings is 2. The van der Waals surface area contributed by atoms with Gasteiger partial charge in [-0.3, -0.25) is 19.4 Å². The molecule has 2 amide bonds. The first-order valence-electron chi connectivity index (χ1n) is 17.4. The number of phenols is 1. The van der Waals surface area contributed by atoms with Crippen LogP contribution in [0.2, 0.25) is 6.32 Å². The van der Waals surface area contributed by atoms with E-state index in [1.165, 1.54) is 11.1 Å². The van der Waals surface area contributed by atoms with Gasteiger partial charge in [-0.1, -0.05) is 48.9 Å². The zero-order valence-electron chi connectivity index (χ0n) is 28.3. The number of fused-ring (bicyclic) bond motifs is 3. The number of hydrogen-bond acceptors (Lipinski definition) is 7. The van der Waals surface area contributed by atoms with Crippen molar-refractivity contribution in [2.45, 2.75) is 84.3 Å². The van der Waals surface area contributed by atoms with Crippen LogP contribution in [0.3, 0.4) is 0 Å². The summed E-state index contributed by atoms with van der Waals surface area (Å²) in [5, 5.41) is 21.2. The largest absolute Gasteiger partial charge is 0.507 e. The van der Waals surface area contributed by atoms with Gasteiger partial charge in [0.15, 0.2) is 0 Å². The van der Waals surface area contributed by atoms with Crippen LogP contribution in [0, 0.1) is 31.6 Å². The predicted octanol–water partition coefficient (Wildman–Crippen LogP) is 5.69. The molecule has 250 valence electrons.